The summed E-state index contributed by atoms with van der Waals surface area (Å²) >= 11 is 0. The van der Waals surface area contributed by atoms with Crippen LogP contribution in [0.4, 0.5) is 4.39 Å². The summed E-state index contributed by atoms with van der Waals surface area (Å²) in [6.45, 7) is 2.26. The lowest BCUT2D eigenvalue weighted by molar-refractivity contribution is 0.277. The van der Waals surface area contributed by atoms with Gasteiger partial charge in [0, 0.05) is 11.5 Å². The van der Waals surface area contributed by atoms with Gasteiger partial charge in [-0.3, -0.25) is 0 Å². The zero-order chi connectivity index (χ0) is 16.1. The zero-order valence-corrected chi connectivity index (χ0v) is 13.8. The molecule has 0 aliphatic heterocycles. The second kappa shape index (κ2) is 7.71. The fraction of sp³-hybridized carbons (Fsp3) is 0.579. The molecule has 1 fully saturated rings. The first-order chi connectivity index (χ1) is 11.3. The molecular weight excluding hydrogens is 291 g/mol. The van der Waals surface area contributed by atoms with Crippen LogP contribution in [0, 0.1) is 11.7 Å². The second-order valence-corrected chi connectivity index (χ2v) is 6.67. The molecule has 1 saturated carbocycles. The Morgan fingerprint density at radius 1 is 1.04 bits per heavy atom. The average molecular weight is 316 g/mol. The van der Waals surface area contributed by atoms with Crippen LogP contribution in [0.3, 0.4) is 0 Å². The van der Waals surface area contributed by atoms with Crippen molar-refractivity contribution in [1.29, 1.82) is 0 Å². The summed E-state index contributed by atoms with van der Waals surface area (Å²) in [5.74, 6) is 2.24. The van der Waals surface area contributed by atoms with E-state index in [4.69, 9.17) is 4.42 Å². The molecule has 0 N–H and O–H groups in total. The van der Waals surface area contributed by atoms with Gasteiger partial charge in [0.05, 0.1) is 0 Å². The minimum atomic E-state index is -0.255. The van der Waals surface area contributed by atoms with Gasteiger partial charge in [-0.25, -0.2) is 4.39 Å². The van der Waals surface area contributed by atoms with Crippen LogP contribution in [0.25, 0.3) is 11.5 Å². The maximum atomic E-state index is 13.0. The van der Waals surface area contributed by atoms with Gasteiger partial charge in [-0.05, 0) is 55.9 Å². The van der Waals surface area contributed by atoms with E-state index in [1.165, 1.54) is 50.7 Å². The Labute approximate surface area is 137 Å². The van der Waals surface area contributed by atoms with E-state index in [9.17, 15) is 4.39 Å². The summed E-state index contributed by atoms with van der Waals surface area (Å²) in [5, 5.41) is 8.36. The molecule has 1 heterocycles. The molecular formula is C19H25FN2O. The van der Waals surface area contributed by atoms with Crippen molar-refractivity contribution < 1.29 is 8.81 Å². The van der Waals surface area contributed by atoms with Crippen LogP contribution in [0.5, 0.6) is 0 Å². The lowest BCUT2D eigenvalue weighted by Crippen LogP contribution is -2.13. The van der Waals surface area contributed by atoms with Crippen molar-refractivity contribution in [3.8, 4) is 11.5 Å². The molecule has 3 rings (SSSR count). The van der Waals surface area contributed by atoms with Crippen LogP contribution in [-0.2, 0) is 0 Å². The van der Waals surface area contributed by atoms with E-state index in [0.717, 1.165) is 30.2 Å². The van der Waals surface area contributed by atoms with Crippen LogP contribution in [0.1, 0.15) is 70.1 Å². The number of aromatic nitrogens is 2. The number of halogens is 1. The number of rotatable bonds is 6. The Morgan fingerprint density at radius 3 is 2.48 bits per heavy atom. The molecule has 0 saturated heterocycles. The minimum absolute atomic E-state index is 0.255. The molecule has 1 aliphatic carbocycles. The average Bonchev–Trinajstić information content (AvgIpc) is 3.06. The molecule has 124 valence electrons. The molecule has 4 heteroatoms. The van der Waals surface area contributed by atoms with E-state index in [1.807, 2.05) is 0 Å². The highest BCUT2D eigenvalue weighted by molar-refractivity contribution is 5.51. The van der Waals surface area contributed by atoms with Crippen LogP contribution >= 0.6 is 0 Å². The van der Waals surface area contributed by atoms with Crippen molar-refractivity contribution in [3.63, 3.8) is 0 Å². The van der Waals surface area contributed by atoms with Gasteiger partial charge in [0.15, 0.2) is 0 Å². The number of unbranched alkanes of at least 4 members (excludes halogenated alkanes) is 2. The van der Waals surface area contributed by atoms with Gasteiger partial charge in [0.25, 0.3) is 0 Å². The summed E-state index contributed by atoms with van der Waals surface area (Å²) in [7, 11) is 0. The third-order valence-corrected chi connectivity index (χ3v) is 4.94. The lowest BCUT2D eigenvalue weighted by atomic mass is 9.80. The van der Waals surface area contributed by atoms with Crippen molar-refractivity contribution in [2.45, 2.75) is 64.2 Å². The number of hydrogen-bond donors (Lipinski definition) is 0. The van der Waals surface area contributed by atoms with E-state index in [1.54, 1.807) is 12.1 Å². The topological polar surface area (TPSA) is 38.9 Å². The summed E-state index contributed by atoms with van der Waals surface area (Å²) < 4.78 is 18.8. The number of nitrogens with zero attached hydrogens (tertiary/aromatic N) is 2. The lowest BCUT2D eigenvalue weighted by Gasteiger charge is -2.26. The first kappa shape index (κ1) is 16.2. The Kier molecular flexibility index (Phi) is 5.42. The Bertz CT molecular complexity index is 600. The maximum Gasteiger partial charge on any atom is 0.247 e. The summed E-state index contributed by atoms with van der Waals surface area (Å²) in [4.78, 5) is 0. The van der Waals surface area contributed by atoms with Crippen molar-refractivity contribution in [2.75, 3.05) is 0 Å². The SMILES string of the molecule is CCCCCC1CCC(c2nnc(-c3ccc(F)cc3)o2)CC1. The predicted molar refractivity (Wildman–Crippen MR) is 88.5 cm³/mol. The minimum Gasteiger partial charge on any atom is -0.420 e. The van der Waals surface area contributed by atoms with Crippen molar-refractivity contribution >= 4 is 0 Å². The van der Waals surface area contributed by atoms with Gasteiger partial charge in [-0.15, -0.1) is 10.2 Å². The van der Waals surface area contributed by atoms with Crippen molar-refractivity contribution in [2.24, 2.45) is 5.92 Å². The fourth-order valence-electron chi connectivity index (χ4n) is 3.49. The molecule has 0 unspecified atom stereocenters. The van der Waals surface area contributed by atoms with Crippen molar-refractivity contribution in [1.82, 2.24) is 10.2 Å². The molecule has 0 amide bonds. The summed E-state index contributed by atoms with van der Waals surface area (Å²) in [6.07, 6.45) is 10.2. The standard InChI is InChI=1S/C19H25FN2O/c1-2-3-4-5-14-6-8-15(9-7-14)18-21-22-19(23-18)16-10-12-17(20)13-11-16/h10-15H,2-9H2,1H3. The molecule has 0 atom stereocenters. The Morgan fingerprint density at radius 2 is 1.78 bits per heavy atom. The van der Waals surface area contributed by atoms with E-state index in [2.05, 4.69) is 17.1 Å². The molecule has 0 spiro atoms. The first-order valence-corrected chi connectivity index (χ1v) is 8.85. The number of hydrogen-bond acceptors (Lipinski definition) is 3. The molecule has 23 heavy (non-hydrogen) atoms. The molecule has 0 radical (unpaired) electrons. The zero-order valence-electron chi connectivity index (χ0n) is 13.8. The third kappa shape index (κ3) is 4.18. The Hall–Kier alpha value is -1.71. The summed E-state index contributed by atoms with van der Waals surface area (Å²) in [5.41, 5.74) is 0.776. The van der Waals surface area contributed by atoms with Gasteiger partial charge in [0.1, 0.15) is 5.82 Å². The highest BCUT2D eigenvalue weighted by atomic mass is 19.1. The van der Waals surface area contributed by atoms with Gasteiger partial charge in [0.2, 0.25) is 11.8 Å². The highest BCUT2D eigenvalue weighted by Gasteiger charge is 2.26. The van der Waals surface area contributed by atoms with Gasteiger partial charge in [-0.2, -0.15) is 0 Å². The number of benzene rings is 1. The molecule has 1 aromatic heterocycles. The normalized spacial score (nSPS) is 21.5. The monoisotopic (exact) mass is 316 g/mol. The molecule has 0 bridgehead atoms. The molecule has 1 aromatic carbocycles. The van der Waals surface area contributed by atoms with E-state index in [-0.39, 0.29) is 5.82 Å². The largest absolute Gasteiger partial charge is 0.420 e. The second-order valence-electron chi connectivity index (χ2n) is 6.67. The maximum absolute atomic E-state index is 13.0. The van der Waals surface area contributed by atoms with Crippen molar-refractivity contribution in [3.05, 3.63) is 36.0 Å². The van der Waals surface area contributed by atoms with E-state index >= 15 is 0 Å². The highest BCUT2D eigenvalue weighted by Crippen LogP contribution is 2.37. The van der Waals surface area contributed by atoms with Gasteiger partial charge >= 0.3 is 0 Å². The predicted octanol–water partition coefficient (Wildman–Crippen LogP) is 5.73. The van der Waals surface area contributed by atoms with Crippen LogP contribution in [0.15, 0.2) is 28.7 Å². The fourth-order valence-corrected chi connectivity index (χ4v) is 3.49. The van der Waals surface area contributed by atoms with E-state index in [0.29, 0.717) is 11.8 Å². The molecule has 2 aromatic rings. The third-order valence-electron chi connectivity index (χ3n) is 4.94. The van der Waals surface area contributed by atoms with Crippen LogP contribution in [-0.4, -0.2) is 10.2 Å². The first-order valence-electron chi connectivity index (χ1n) is 8.85. The molecule has 3 nitrogen and oxygen atoms in total. The Balaban J connectivity index is 1.56. The molecule has 1 aliphatic rings. The van der Waals surface area contributed by atoms with Gasteiger partial charge in [-0.1, -0.05) is 32.6 Å². The van der Waals surface area contributed by atoms with Gasteiger partial charge < -0.3 is 4.42 Å². The summed E-state index contributed by atoms with van der Waals surface area (Å²) in [6, 6.07) is 6.19. The van der Waals surface area contributed by atoms with Crippen LogP contribution in [0.2, 0.25) is 0 Å². The van der Waals surface area contributed by atoms with Crippen LogP contribution < -0.4 is 0 Å². The quantitative estimate of drug-likeness (QED) is 0.639. The smallest absolute Gasteiger partial charge is 0.247 e. The van der Waals surface area contributed by atoms with E-state index < -0.39 is 0 Å².